The number of hydrogen-bond donors (Lipinski definition) is 2. The molecule has 1 aromatic carbocycles. The van der Waals surface area contributed by atoms with Crippen molar-refractivity contribution >= 4 is 6.03 Å². The van der Waals surface area contributed by atoms with Gasteiger partial charge in [0.2, 0.25) is 0 Å². The van der Waals surface area contributed by atoms with Crippen LogP contribution >= 0.6 is 0 Å². The van der Waals surface area contributed by atoms with Gasteiger partial charge in [0.15, 0.2) is 0 Å². The van der Waals surface area contributed by atoms with E-state index < -0.39 is 0 Å². The van der Waals surface area contributed by atoms with E-state index in [0.29, 0.717) is 19.6 Å². The molecule has 0 unspecified atom stereocenters. The van der Waals surface area contributed by atoms with Crippen molar-refractivity contribution in [2.45, 2.75) is 38.6 Å². The van der Waals surface area contributed by atoms with Crippen LogP contribution in [0.1, 0.15) is 29.7 Å². The van der Waals surface area contributed by atoms with Gasteiger partial charge in [-0.3, -0.25) is 4.79 Å². The standard InChI is InChI=1S/C19H24N4O2/c24-18-14-16-9-4-10-17(16)22-23(18)13-12-21-19(25)20-11-5-8-15-6-2-1-3-7-15/h1-3,6-7,14H,4-5,8-13H2,(H2,20,21,25). The van der Waals surface area contributed by atoms with Gasteiger partial charge in [-0.25, -0.2) is 9.48 Å². The third-order valence-electron chi connectivity index (χ3n) is 4.40. The summed E-state index contributed by atoms with van der Waals surface area (Å²) in [6, 6.07) is 11.7. The highest BCUT2D eigenvalue weighted by molar-refractivity contribution is 5.73. The van der Waals surface area contributed by atoms with E-state index in [-0.39, 0.29) is 11.6 Å². The molecule has 0 fully saturated rings. The van der Waals surface area contributed by atoms with Crippen molar-refractivity contribution in [3.05, 3.63) is 63.6 Å². The molecule has 6 heteroatoms. The van der Waals surface area contributed by atoms with Crippen molar-refractivity contribution in [2.24, 2.45) is 0 Å². The fraction of sp³-hybridized carbons (Fsp3) is 0.421. The minimum atomic E-state index is -0.206. The Hall–Kier alpha value is -2.63. The second kappa shape index (κ2) is 8.46. The molecule has 132 valence electrons. The number of carbonyl (C=O) groups excluding carboxylic acids is 1. The van der Waals surface area contributed by atoms with E-state index in [9.17, 15) is 9.59 Å². The first-order valence-electron chi connectivity index (χ1n) is 8.88. The monoisotopic (exact) mass is 340 g/mol. The number of rotatable bonds is 7. The molecular formula is C19H24N4O2. The van der Waals surface area contributed by atoms with Gasteiger partial charge >= 0.3 is 6.03 Å². The number of aryl methyl sites for hydroxylation is 3. The quantitative estimate of drug-likeness (QED) is 0.753. The Morgan fingerprint density at radius 1 is 1.12 bits per heavy atom. The molecule has 0 bridgehead atoms. The number of fused-ring (bicyclic) bond motifs is 1. The van der Waals surface area contributed by atoms with Crippen LogP contribution in [-0.2, 0) is 25.8 Å². The average molecular weight is 340 g/mol. The summed E-state index contributed by atoms with van der Waals surface area (Å²) in [6.45, 7) is 1.40. The van der Waals surface area contributed by atoms with Crippen LogP contribution in [0.2, 0.25) is 0 Å². The highest BCUT2D eigenvalue weighted by atomic mass is 16.2. The Kier molecular flexibility index (Phi) is 5.82. The van der Waals surface area contributed by atoms with Crippen LogP contribution in [0, 0.1) is 0 Å². The van der Waals surface area contributed by atoms with E-state index in [4.69, 9.17) is 0 Å². The molecule has 1 aliphatic rings. The van der Waals surface area contributed by atoms with Crippen LogP contribution in [0.4, 0.5) is 4.79 Å². The van der Waals surface area contributed by atoms with Gasteiger partial charge in [0.25, 0.3) is 5.56 Å². The molecule has 1 heterocycles. The van der Waals surface area contributed by atoms with Crippen molar-refractivity contribution in [1.82, 2.24) is 20.4 Å². The van der Waals surface area contributed by atoms with Crippen molar-refractivity contribution in [3.8, 4) is 0 Å². The lowest BCUT2D eigenvalue weighted by Crippen LogP contribution is -2.39. The molecule has 3 rings (SSSR count). The van der Waals surface area contributed by atoms with Gasteiger partial charge in [0.05, 0.1) is 12.2 Å². The van der Waals surface area contributed by atoms with E-state index in [1.807, 2.05) is 18.2 Å². The zero-order chi connectivity index (χ0) is 17.5. The lowest BCUT2D eigenvalue weighted by atomic mass is 10.1. The molecule has 1 aromatic heterocycles. The van der Waals surface area contributed by atoms with Gasteiger partial charge in [0, 0.05) is 19.2 Å². The van der Waals surface area contributed by atoms with Gasteiger partial charge in [0.1, 0.15) is 0 Å². The number of amides is 2. The average Bonchev–Trinajstić information content (AvgIpc) is 3.07. The van der Waals surface area contributed by atoms with Crippen molar-refractivity contribution in [2.75, 3.05) is 13.1 Å². The van der Waals surface area contributed by atoms with E-state index >= 15 is 0 Å². The maximum absolute atomic E-state index is 12.0. The lowest BCUT2D eigenvalue weighted by Gasteiger charge is -2.09. The number of benzene rings is 1. The fourth-order valence-corrected chi connectivity index (χ4v) is 3.08. The SMILES string of the molecule is O=C(NCCCc1ccccc1)NCCn1nc2c(cc1=O)CCC2. The zero-order valence-electron chi connectivity index (χ0n) is 14.3. The molecule has 2 amide bonds. The molecule has 0 aliphatic heterocycles. The topological polar surface area (TPSA) is 76.0 Å². The third-order valence-corrected chi connectivity index (χ3v) is 4.40. The van der Waals surface area contributed by atoms with Crippen molar-refractivity contribution < 1.29 is 4.79 Å². The molecule has 1 aliphatic carbocycles. The van der Waals surface area contributed by atoms with Gasteiger partial charge in [-0.15, -0.1) is 0 Å². The predicted octanol–water partition coefficient (Wildman–Crippen LogP) is 1.66. The largest absolute Gasteiger partial charge is 0.338 e. The highest BCUT2D eigenvalue weighted by Gasteiger charge is 2.14. The molecule has 0 radical (unpaired) electrons. The lowest BCUT2D eigenvalue weighted by molar-refractivity contribution is 0.240. The first-order valence-corrected chi connectivity index (χ1v) is 8.88. The van der Waals surface area contributed by atoms with Crippen molar-refractivity contribution in [1.29, 1.82) is 0 Å². The molecule has 6 nitrogen and oxygen atoms in total. The molecule has 2 N–H and O–H groups in total. The first kappa shape index (κ1) is 17.2. The molecule has 0 spiro atoms. The van der Waals surface area contributed by atoms with Crippen LogP contribution in [-0.4, -0.2) is 28.9 Å². The van der Waals surface area contributed by atoms with Crippen LogP contribution in [0.5, 0.6) is 0 Å². The number of nitrogens with zero attached hydrogens (tertiary/aromatic N) is 2. The molecule has 0 saturated carbocycles. The molecule has 0 saturated heterocycles. The normalized spacial score (nSPS) is 12.6. The summed E-state index contributed by atoms with van der Waals surface area (Å²) in [5.74, 6) is 0. The maximum Gasteiger partial charge on any atom is 0.314 e. The smallest absolute Gasteiger partial charge is 0.314 e. The van der Waals surface area contributed by atoms with Crippen LogP contribution in [0.15, 0.2) is 41.2 Å². The van der Waals surface area contributed by atoms with E-state index in [0.717, 1.165) is 43.4 Å². The van der Waals surface area contributed by atoms with E-state index in [1.165, 1.54) is 10.2 Å². The van der Waals surface area contributed by atoms with Gasteiger partial charge < -0.3 is 10.6 Å². The van der Waals surface area contributed by atoms with Gasteiger partial charge in [-0.2, -0.15) is 5.10 Å². The van der Waals surface area contributed by atoms with Crippen molar-refractivity contribution in [3.63, 3.8) is 0 Å². The summed E-state index contributed by atoms with van der Waals surface area (Å²) in [5.41, 5.74) is 3.27. The Morgan fingerprint density at radius 2 is 1.92 bits per heavy atom. The summed E-state index contributed by atoms with van der Waals surface area (Å²) in [7, 11) is 0. The van der Waals surface area contributed by atoms with Crippen LogP contribution in [0.25, 0.3) is 0 Å². The summed E-state index contributed by atoms with van der Waals surface area (Å²) in [5, 5.41) is 10.0. The third kappa shape index (κ3) is 4.92. The van der Waals surface area contributed by atoms with E-state index in [1.54, 1.807) is 6.07 Å². The van der Waals surface area contributed by atoms with Gasteiger partial charge in [-0.1, -0.05) is 30.3 Å². The Bertz CT molecular complexity index is 771. The summed E-state index contributed by atoms with van der Waals surface area (Å²) < 4.78 is 1.44. The highest BCUT2D eigenvalue weighted by Crippen LogP contribution is 2.16. The first-order chi connectivity index (χ1) is 12.2. The number of nitrogens with one attached hydrogen (secondary N) is 2. The Morgan fingerprint density at radius 3 is 2.76 bits per heavy atom. The molecule has 25 heavy (non-hydrogen) atoms. The van der Waals surface area contributed by atoms with E-state index in [2.05, 4.69) is 27.9 Å². The number of aromatic nitrogens is 2. The maximum atomic E-state index is 12.0. The van der Waals surface area contributed by atoms with Gasteiger partial charge in [-0.05, 0) is 43.2 Å². The second-order valence-corrected chi connectivity index (χ2v) is 6.30. The van der Waals surface area contributed by atoms with Crippen LogP contribution in [0.3, 0.4) is 0 Å². The number of urea groups is 1. The summed E-state index contributed by atoms with van der Waals surface area (Å²) >= 11 is 0. The minimum Gasteiger partial charge on any atom is -0.338 e. The minimum absolute atomic E-state index is 0.0919. The number of carbonyl (C=O) groups is 1. The molecule has 0 atom stereocenters. The summed E-state index contributed by atoms with van der Waals surface area (Å²) in [6.07, 6.45) is 4.78. The predicted molar refractivity (Wildman–Crippen MR) is 96.7 cm³/mol. The second-order valence-electron chi connectivity index (χ2n) is 6.30. The zero-order valence-corrected chi connectivity index (χ0v) is 14.3. The Balaban J connectivity index is 1.35. The summed E-state index contributed by atoms with van der Waals surface area (Å²) in [4.78, 5) is 23.8. The van der Waals surface area contributed by atoms with Crippen LogP contribution < -0.4 is 16.2 Å². The molecular weight excluding hydrogens is 316 g/mol. The number of hydrogen-bond acceptors (Lipinski definition) is 3. The fourth-order valence-electron chi connectivity index (χ4n) is 3.08. The Labute approximate surface area is 147 Å². The molecule has 2 aromatic rings.